The predicted molar refractivity (Wildman–Crippen MR) is 127 cm³/mol. The van der Waals surface area contributed by atoms with E-state index < -0.39 is 47.9 Å². The first-order valence-corrected chi connectivity index (χ1v) is 12.5. The number of thiol groups is 1. The summed E-state index contributed by atoms with van der Waals surface area (Å²) in [6.45, 7) is 7.54. The lowest BCUT2D eigenvalue weighted by Gasteiger charge is -2.26. The fourth-order valence-electron chi connectivity index (χ4n) is 2.72. The van der Waals surface area contributed by atoms with Gasteiger partial charge in [0.25, 0.3) is 0 Å². The fraction of sp³-hybridized carbons (Fsp3) is 0.800. The second-order valence-electron chi connectivity index (χ2n) is 8.03. The molecule has 0 aliphatic rings. The van der Waals surface area contributed by atoms with Crippen molar-refractivity contribution in [2.75, 3.05) is 17.8 Å². The highest BCUT2D eigenvalue weighted by Crippen LogP contribution is 2.09. The first-order chi connectivity index (χ1) is 14.5. The van der Waals surface area contributed by atoms with Gasteiger partial charge in [0.15, 0.2) is 0 Å². The highest BCUT2D eigenvalue weighted by atomic mass is 32.2. The largest absolute Gasteiger partial charge is 0.480 e. The number of rotatable bonds is 15. The summed E-state index contributed by atoms with van der Waals surface area (Å²) in [4.78, 5) is 49.3. The second kappa shape index (κ2) is 15.4. The van der Waals surface area contributed by atoms with Crippen LogP contribution in [0.1, 0.15) is 47.0 Å². The molecule has 0 fully saturated rings. The zero-order valence-electron chi connectivity index (χ0n) is 19.0. The number of carboxylic acid groups (broad SMARTS) is 1. The SMILES string of the molecule is CCC(C)C(N)C(=O)NC(CS)C(=O)NC(CC(C)C)C(=O)NC(CCSC)C(=O)O. The average molecular weight is 479 g/mol. The molecule has 5 unspecified atom stereocenters. The van der Waals surface area contributed by atoms with Gasteiger partial charge in [0.2, 0.25) is 17.7 Å². The van der Waals surface area contributed by atoms with Gasteiger partial charge in [-0.3, -0.25) is 14.4 Å². The monoisotopic (exact) mass is 478 g/mol. The van der Waals surface area contributed by atoms with E-state index in [1.807, 2.05) is 34.0 Å². The van der Waals surface area contributed by atoms with Crippen LogP contribution in [0.5, 0.6) is 0 Å². The van der Waals surface area contributed by atoms with Crippen LogP contribution in [0.3, 0.4) is 0 Å². The lowest BCUT2D eigenvalue weighted by atomic mass is 9.99. The number of carboxylic acids is 1. The molecule has 11 heteroatoms. The number of amides is 3. The molecule has 0 aromatic rings. The van der Waals surface area contributed by atoms with Gasteiger partial charge in [-0.2, -0.15) is 24.4 Å². The molecule has 0 aromatic carbocycles. The Morgan fingerprint density at radius 3 is 1.94 bits per heavy atom. The number of hydrogen-bond donors (Lipinski definition) is 6. The molecule has 5 atom stereocenters. The topological polar surface area (TPSA) is 151 Å². The van der Waals surface area contributed by atoms with Gasteiger partial charge in [-0.15, -0.1) is 0 Å². The third kappa shape index (κ3) is 11.1. The van der Waals surface area contributed by atoms with E-state index in [1.165, 1.54) is 11.8 Å². The number of carbonyl (C=O) groups excluding carboxylic acids is 3. The number of aliphatic carboxylic acids is 1. The number of hydrogen-bond acceptors (Lipinski definition) is 7. The van der Waals surface area contributed by atoms with Crippen molar-refractivity contribution < 1.29 is 24.3 Å². The third-order valence-electron chi connectivity index (χ3n) is 4.94. The van der Waals surface area contributed by atoms with Gasteiger partial charge in [-0.1, -0.05) is 34.1 Å². The van der Waals surface area contributed by atoms with Gasteiger partial charge in [-0.25, -0.2) is 4.79 Å². The fourth-order valence-corrected chi connectivity index (χ4v) is 3.44. The molecule has 0 saturated heterocycles. The molecule has 0 aromatic heterocycles. The molecule has 0 spiro atoms. The minimum atomic E-state index is -1.13. The second-order valence-corrected chi connectivity index (χ2v) is 9.38. The quantitative estimate of drug-likeness (QED) is 0.189. The van der Waals surface area contributed by atoms with Gasteiger partial charge in [0.1, 0.15) is 18.1 Å². The zero-order valence-corrected chi connectivity index (χ0v) is 20.7. The van der Waals surface area contributed by atoms with E-state index >= 15 is 0 Å². The summed E-state index contributed by atoms with van der Waals surface area (Å²) >= 11 is 5.62. The van der Waals surface area contributed by atoms with Crippen LogP contribution >= 0.6 is 24.4 Å². The molecular formula is C20H38N4O5S2. The highest BCUT2D eigenvalue weighted by Gasteiger charge is 2.30. The first kappa shape index (κ1) is 29.5. The number of nitrogens with two attached hydrogens (primary N) is 1. The van der Waals surface area contributed by atoms with Crippen molar-refractivity contribution in [1.82, 2.24) is 16.0 Å². The van der Waals surface area contributed by atoms with E-state index in [0.29, 0.717) is 18.6 Å². The van der Waals surface area contributed by atoms with Crippen LogP contribution in [0, 0.1) is 11.8 Å². The Hall–Kier alpha value is -1.46. The minimum Gasteiger partial charge on any atom is -0.480 e. The average Bonchev–Trinajstić information content (AvgIpc) is 2.71. The molecule has 0 rings (SSSR count). The number of carbonyl (C=O) groups is 4. The lowest BCUT2D eigenvalue weighted by Crippen LogP contribution is -2.58. The van der Waals surface area contributed by atoms with Crippen LogP contribution in [0.2, 0.25) is 0 Å². The van der Waals surface area contributed by atoms with Crippen molar-refractivity contribution in [2.24, 2.45) is 17.6 Å². The molecule has 6 N–H and O–H groups in total. The standard InChI is InChI=1S/C20H38N4O5S2/c1-6-12(4)16(21)19(27)24-15(10-30)18(26)23-14(9-11(2)3)17(25)22-13(20(28)29)7-8-31-5/h11-16,30H,6-10,21H2,1-5H3,(H,22,25)(H,23,26)(H,24,27)(H,28,29). The van der Waals surface area contributed by atoms with E-state index in [-0.39, 0.29) is 24.0 Å². The first-order valence-electron chi connectivity index (χ1n) is 10.5. The van der Waals surface area contributed by atoms with Gasteiger partial charge < -0.3 is 26.8 Å². The predicted octanol–water partition coefficient (Wildman–Crippen LogP) is 0.628. The Morgan fingerprint density at radius 1 is 0.968 bits per heavy atom. The maximum absolute atomic E-state index is 12.7. The van der Waals surface area contributed by atoms with Crippen molar-refractivity contribution in [1.29, 1.82) is 0 Å². The van der Waals surface area contributed by atoms with Crippen molar-refractivity contribution >= 4 is 48.1 Å². The molecule has 3 amide bonds. The van der Waals surface area contributed by atoms with Gasteiger partial charge in [0, 0.05) is 5.75 Å². The van der Waals surface area contributed by atoms with E-state index in [4.69, 9.17) is 5.73 Å². The van der Waals surface area contributed by atoms with Gasteiger partial charge >= 0.3 is 5.97 Å². The summed E-state index contributed by atoms with van der Waals surface area (Å²) in [5, 5.41) is 17.1. The van der Waals surface area contributed by atoms with Crippen molar-refractivity contribution in [3.05, 3.63) is 0 Å². The van der Waals surface area contributed by atoms with E-state index in [0.717, 1.165) is 0 Å². The third-order valence-corrected chi connectivity index (χ3v) is 5.95. The lowest BCUT2D eigenvalue weighted by molar-refractivity contribution is -0.142. The molecule has 0 heterocycles. The van der Waals surface area contributed by atoms with Crippen molar-refractivity contribution in [3.63, 3.8) is 0 Å². The summed E-state index contributed by atoms with van der Waals surface area (Å²) in [6, 6.07) is -3.71. The molecule has 180 valence electrons. The molecule has 9 nitrogen and oxygen atoms in total. The normalized spacial score (nSPS) is 16.0. The van der Waals surface area contributed by atoms with E-state index in [2.05, 4.69) is 28.6 Å². The minimum absolute atomic E-state index is 0.0201. The summed E-state index contributed by atoms with van der Waals surface area (Å²) in [7, 11) is 0. The van der Waals surface area contributed by atoms with E-state index in [9.17, 15) is 24.3 Å². The summed E-state index contributed by atoms with van der Waals surface area (Å²) in [5.41, 5.74) is 5.92. The van der Waals surface area contributed by atoms with Crippen LogP contribution in [0.4, 0.5) is 0 Å². The van der Waals surface area contributed by atoms with Crippen LogP contribution < -0.4 is 21.7 Å². The summed E-state index contributed by atoms with van der Waals surface area (Å²) in [5.74, 6) is -2.14. The Balaban J connectivity index is 5.25. The van der Waals surface area contributed by atoms with Gasteiger partial charge in [-0.05, 0) is 36.7 Å². The molecule has 0 saturated carbocycles. The van der Waals surface area contributed by atoms with E-state index in [1.54, 1.807) is 0 Å². The maximum atomic E-state index is 12.7. The zero-order chi connectivity index (χ0) is 24.1. The Morgan fingerprint density at radius 2 is 1.48 bits per heavy atom. The molecule has 31 heavy (non-hydrogen) atoms. The Kier molecular flexibility index (Phi) is 14.6. The van der Waals surface area contributed by atoms with Crippen LogP contribution in [-0.2, 0) is 19.2 Å². The summed E-state index contributed by atoms with van der Waals surface area (Å²) < 4.78 is 0. The molecule has 0 aliphatic heterocycles. The molecule has 0 aliphatic carbocycles. The highest BCUT2D eigenvalue weighted by molar-refractivity contribution is 7.98. The molecule has 0 bridgehead atoms. The van der Waals surface area contributed by atoms with Crippen molar-refractivity contribution in [3.8, 4) is 0 Å². The Bertz CT molecular complexity index is 606. The number of nitrogens with one attached hydrogen (secondary N) is 3. The molecular weight excluding hydrogens is 440 g/mol. The van der Waals surface area contributed by atoms with Crippen LogP contribution in [0.25, 0.3) is 0 Å². The number of thioether (sulfide) groups is 1. The van der Waals surface area contributed by atoms with Gasteiger partial charge in [0.05, 0.1) is 6.04 Å². The smallest absolute Gasteiger partial charge is 0.326 e. The Labute approximate surface area is 194 Å². The van der Waals surface area contributed by atoms with Crippen molar-refractivity contribution in [2.45, 2.75) is 71.1 Å². The molecule has 0 radical (unpaired) electrons. The summed E-state index contributed by atoms with van der Waals surface area (Å²) in [6.07, 6.45) is 3.14. The van der Waals surface area contributed by atoms with Crippen LogP contribution in [-0.4, -0.2) is 70.7 Å². The van der Waals surface area contributed by atoms with Crippen LogP contribution in [0.15, 0.2) is 0 Å². The maximum Gasteiger partial charge on any atom is 0.326 e.